The van der Waals surface area contributed by atoms with Crippen LogP contribution in [0.1, 0.15) is 5.56 Å². The Morgan fingerprint density at radius 2 is 1.94 bits per heavy atom. The van der Waals surface area contributed by atoms with E-state index in [4.69, 9.17) is 10.3 Å². The first-order valence-electron chi connectivity index (χ1n) is 4.58. The molecule has 0 amide bonds. The molecule has 0 bridgehead atoms. The van der Waals surface area contributed by atoms with Crippen molar-refractivity contribution in [2.45, 2.75) is 6.18 Å². The van der Waals surface area contributed by atoms with Crippen molar-refractivity contribution < 1.29 is 22.1 Å². The van der Waals surface area contributed by atoms with Gasteiger partial charge < -0.3 is 10.3 Å². The highest BCUT2D eigenvalue weighted by atomic mass is 127. The second-order valence-corrected chi connectivity index (χ2v) is 4.48. The third kappa shape index (κ3) is 2.28. The van der Waals surface area contributed by atoms with Crippen molar-refractivity contribution in [3.05, 3.63) is 33.1 Å². The van der Waals surface area contributed by atoms with Gasteiger partial charge in [-0.3, -0.25) is 0 Å². The number of rotatable bonds is 1. The van der Waals surface area contributed by atoms with Crippen molar-refractivity contribution in [1.82, 2.24) is 5.16 Å². The van der Waals surface area contributed by atoms with Crippen LogP contribution < -0.4 is 5.73 Å². The standard InChI is InChI=1S/C10H5F4IN2O/c11-6-2-1-4(3-5(6)10(12,13)14)8-7(15)9(16)17-18-8/h1-3H,(H2,16,17). The molecule has 0 spiro atoms. The molecular formula is C10H5F4IN2O. The lowest BCUT2D eigenvalue weighted by atomic mass is 10.1. The topological polar surface area (TPSA) is 52.0 Å². The number of halogens is 5. The predicted octanol–water partition coefficient (Wildman–Crippen LogP) is 3.69. The van der Waals surface area contributed by atoms with Gasteiger partial charge in [-0.05, 0) is 40.8 Å². The van der Waals surface area contributed by atoms with Gasteiger partial charge in [-0.2, -0.15) is 13.2 Å². The van der Waals surface area contributed by atoms with Crippen LogP contribution in [0.4, 0.5) is 23.4 Å². The molecule has 2 rings (SSSR count). The van der Waals surface area contributed by atoms with Crippen molar-refractivity contribution in [2.75, 3.05) is 5.73 Å². The molecule has 0 saturated heterocycles. The minimum absolute atomic E-state index is 0.0670. The molecular weight excluding hydrogens is 367 g/mol. The zero-order chi connectivity index (χ0) is 13.5. The fourth-order valence-electron chi connectivity index (χ4n) is 1.35. The van der Waals surface area contributed by atoms with Gasteiger partial charge in [-0.1, -0.05) is 5.16 Å². The summed E-state index contributed by atoms with van der Waals surface area (Å²) in [4.78, 5) is 0. The van der Waals surface area contributed by atoms with Crippen LogP contribution in [0, 0.1) is 9.39 Å². The SMILES string of the molecule is Nc1noc(-c2ccc(F)c(C(F)(F)F)c2)c1I. The maximum Gasteiger partial charge on any atom is 0.419 e. The average Bonchev–Trinajstić information content (AvgIpc) is 2.59. The number of alkyl halides is 3. The van der Waals surface area contributed by atoms with Crippen molar-refractivity contribution in [2.24, 2.45) is 0 Å². The van der Waals surface area contributed by atoms with Gasteiger partial charge >= 0.3 is 6.18 Å². The van der Waals surface area contributed by atoms with E-state index >= 15 is 0 Å². The van der Waals surface area contributed by atoms with E-state index in [1.165, 1.54) is 6.07 Å². The van der Waals surface area contributed by atoms with Crippen LogP contribution in [0.15, 0.2) is 22.7 Å². The molecule has 1 heterocycles. The van der Waals surface area contributed by atoms with Gasteiger partial charge in [0, 0.05) is 5.56 Å². The van der Waals surface area contributed by atoms with Gasteiger partial charge in [0.2, 0.25) is 0 Å². The van der Waals surface area contributed by atoms with E-state index in [0.717, 1.165) is 6.07 Å². The van der Waals surface area contributed by atoms with Gasteiger partial charge in [0.25, 0.3) is 0 Å². The molecule has 2 aromatic rings. The number of hydrogen-bond acceptors (Lipinski definition) is 3. The van der Waals surface area contributed by atoms with Gasteiger partial charge in [-0.15, -0.1) is 0 Å². The average molecular weight is 372 g/mol. The Morgan fingerprint density at radius 1 is 1.28 bits per heavy atom. The second-order valence-electron chi connectivity index (χ2n) is 3.40. The van der Waals surface area contributed by atoms with E-state index in [-0.39, 0.29) is 17.1 Å². The number of nitrogen functional groups attached to an aromatic ring is 1. The number of anilines is 1. The molecule has 3 nitrogen and oxygen atoms in total. The minimum Gasteiger partial charge on any atom is -0.380 e. The molecule has 0 fully saturated rings. The highest BCUT2D eigenvalue weighted by molar-refractivity contribution is 14.1. The summed E-state index contributed by atoms with van der Waals surface area (Å²) in [6, 6.07) is 2.57. The highest BCUT2D eigenvalue weighted by Gasteiger charge is 2.34. The van der Waals surface area contributed by atoms with Crippen LogP contribution >= 0.6 is 22.6 Å². The normalized spacial score (nSPS) is 11.8. The van der Waals surface area contributed by atoms with Gasteiger partial charge in [-0.25, -0.2) is 4.39 Å². The predicted molar refractivity (Wildman–Crippen MR) is 64.0 cm³/mol. The Balaban J connectivity index is 2.58. The zero-order valence-corrected chi connectivity index (χ0v) is 10.7. The van der Waals surface area contributed by atoms with Gasteiger partial charge in [0.1, 0.15) is 9.39 Å². The van der Waals surface area contributed by atoms with Crippen LogP contribution in [0.2, 0.25) is 0 Å². The lowest BCUT2D eigenvalue weighted by Gasteiger charge is -2.08. The van der Waals surface area contributed by atoms with Crippen LogP contribution in [0.3, 0.4) is 0 Å². The lowest BCUT2D eigenvalue weighted by Crippen LogP contribution is -2.08. The van der Waals surface area contributed by atoms with Crippen molar-refractivity contribution in [3.63, 3.8) is 0 Å². The molecule has 0 unspecified atom stereocenters. The van der Waals surface area contributed by atoms with Crippen molar-refractivity contribution in [1.29, 1.82) is 0 Å². The van der Waals surface area contributed by atoms with E-state index < -0.39 is 17.6 Å². The maximum absolute atomic E-state index is 13.1. The second kappa shape index (κ2) is 4.41. The van der Waals surface area contributed by atoms with Gasteiger partial charge in [0.15, 0.2) is 11.6 Å². The maximum atomic E-state index is 13.1. The first-order chi connectivity index (χ1) is 8.30. The Morgan fingerprint density at radius 3 is 2.44 bits per heavy atom. The minimum atomic E-state index is -4.77. The smallest absolute Gasteiger partial charge is 0.380 e. The third-order valence-corrected chi connectivity index (χ3v) is 3.24. The van der Waals surface area contributed by atoms with Crippen molar-refractivity contribution >= 4 is 28.4 Å². The summed E-state index contributed by atoms with van der Waals surface area (Å²) >= 11 is 1.79. The van der Waals surface area contributed by atoms with Crippen LogP contribution in [0.5, 0.6) is 0 Å². The molecule has 0 aliphatic carbocycles. The molecule has 0 radical (unpaired) electrons. The number of nitrogens with zero attached hydrogens (tertiary/aromatic N) is 1. The van der Waals surface area contributed by atoms with E-state index in [1.54, 1.807) is 22.6 Å². The lowest BCUT2D eigenvalue weighted by molar-refractivity contribution is -0.139. The Bertz CT molecular complexity index is 594. The molecule has 0 aliphatic heterocycles. The van der Waals surface area contributed by atoms with Crippen LogP contribution in [0.25, 0.3) is 11.3 Å². The van der Waals surface area contributed by atoms with E-state index in [1.807, 2.05) is 0 Å². The van der Waals surface area contributed by atoms with E-state index in [0.29, 0.717) is 9.64 Å². The first-order valence-corrected chi connectivity index (χ1v) is 5.66. The molecule has 0 atom stereocenters. The molecule has 96 valence electrons. The fraction of sp³-hybridized carbons (Fsp3) is 0.100. The monoisotopic (exact) mass is 372 g/mol. The Hall–Kier alpha value is -1.32. The summed E-state index contributed by atoms with van der Waals surface area (Å²) in [6.45, 7) is 0. The summed E-state index contributed by atoms with van der Waals surface area (Å²) < 4.78 is 55.9. The fourth-order valence-corrected chi connectivity index (χ4v) is 1.86. The zero-order valence-electron chi connectivity index (χ0n) is 8.55. The van der Waals surface area contributed by atoms with E-state index in [9.17, 15) is 17.6 Å². The first kappa shape index (κ1) is 13.1. The highest BCUT2D eigenvalue weighted by Crippen LogP contribution is 2.36. The number of hydrogen-bond donors (Lipinski definition) is 1. The third-order valence-electron chi connectivity index (χ3n) is 2.19. The summed E-state index contributed by atoms with van der Waals surface area (Å²) in [5.41, 5.74) is 4.13. The number of benzene rings is 1. The quantitative estimate of drug-likeness (QED) is 0.614. The summed E-state index contributed by atoms with van der Waals surface area (Å²) in [6.07, 6.45) is -4.77. The summed E-state index contributed by atoms with van der Waals surface area (Å²) in [7, 11) is 0. The molecule has 1 aromatic heterocycles. The molecule has 2 N–H and O–H groups in total. The summed E-state index contributed by atoms with van der Waals surface area (Å²) in [5.74, 6) is -1.18. The Labute approximate surface area is 112 Å². The van der Waals surface area contributed by atoms with Gasteiger partial charge in [0.05, 0.1) is 5.56 Å². The summed E-state index contributed by atoms with van der Waals surface area (Å²) in [5, 5.41) is 3.43. The number of aromatic nitrogens is 1. The van der Waals surface area contributed by atoms with E-state index in [2.05, 4.69) is 5.16 Å². The number of nitrogens with two attached hydrogens (primary N) is 1. The van der Waals surface area contributed by atoms with Crippen molar-refractivity contribution in [3.8, 4) is 11.3 Å². The van der Waals surface area contributed by atoms with Crippen LogP contribution in [-0.2, 0) is 6.18 Å². The Kier molecular flexibility index (Phi) is 3.21. The molecule has 18 heavy (non-hydrogen) atoms. The molecule has 0 aliphatic rings. The molecule has 0 saturated carbocycles. The van der Waals surface area contributed by atoms with Crippen LogP contribution in [-0.4, -0.2) is 5.16 Å². The molecule has 8 heteroatoms. The largest absolute Gasteiger partial charge is 0.419 e. The molecule has 1 aromatic carbocycles.